The molecule has 1 aromatic carbocycles. The van der Waals surface area contributed by atoms with E-state index in [0.29, 0.717) is 33.4 Å². The second-order valence-electron chi connectivity index (χ2n) is 10.0. The van der Waals surface area contributed by atoms with E-state index < -0.39 is 5.41 Å². The van der Waals surface area contributed by atoms with Gasteiger partial charge in [-0.3, -0.25) is 19.1 Å². The Labute approximate surface area is 219 Å². The number of hydrogen-bond donors (Lipinski definition) is 2. The minimum atomic E-state index is -0.601. The highest BCUT2D eigenvalue weighted by molar-refractivity contribution is 6.32. The molecular weight excluding hydrogens is 494 g/mol. The van der Waals surface area contributed by atoms with Gasteiger partial charge in [-0.1, -0.05) is 31.5 Å². The maximum Gasteiger partial charge on any atom is 0.296 e. The van der Waals surface area contributed by atoms with Crippen molar-refractivity contribution in [1.29, 1.82) is 0 Å². The summed E-state index contributed by atoms with van der Waals surface area (Å²) >= 11 is 6.19. The van der Waals surface area contributed by atoms with Crippen LogP contribution in [0.3, 0.4) is 0 Å². The number of aryl methyl sites for hydroxylation is 2. The van der Waals surface area contributed by atoms with Gasteiger partial charge in [0, 0.05) is 36.1 Å². The number of nitrogens with one attached hydrogen (secondary N) is 2. The number of pyridine rings is 1. The van der Waals surface area contributed by atoms with Crippen molar-refractivity contribution in [2.45, 2.75) is 41.0 Å². The molecule has 10 heteroatoms. The molecule has 0 saturated heterocycles. The van der Waals surface area contributed by atoms with Gasteiger partial charge < -0.3 is 15.1 Å². The second kappa shape index (κ2) is 9.89. The molecule has 0 aliphatic rings. The molecule has 2 N–H and O–H groups in total. The predicted octanol–water partition coefficient (Wildman–Crippen LogP) is 4.68. The number of nitrogens with zero attached hydrogens (tertiary/aromatic N) is 3. The molecule has 2 amide bonds. The van der Waals surface area contributed by atoms with E-state index >= 15 is 0 Å². The number of amides is 2. The SMILES string of the molecule is Cc1cccc(-n2c(=O)c(NC(=O)CC(C)(C)CNC(=O)c3cc(Cl)cc4cc(C)oc34)c(C)n2C)n1. The Morgan fingerprint density at radius 1 is 1.14 bits per heavy atom. The Morgan fingerprint density at radius 2 is 1.86 bits per heavy atom. The van der Waals surface area contributed by atoms with Gasteiger partial charge in [0.25, 0.3) is 11.5 Å². The van der Waals surface area contributed by atoms with Crippen LogP contribution < -0.4 is 16.2 Å². The molecule has 0 atom stereocenters. The van der Waals surface area contributed by atoms with Crippen LogP contribution in [0.2, 0.25) is 5.02 Å². The van der Waals surface area contributed by atoms with Crippen LogP contribution in [0.15, 0.2) is 45.6 Å². The molecule has 0 aliphatic carbocycles. The second-order valence-corrected chi connectivity index (χ2v) is 10.5. The van der Waals surface area contributed by atoms with Crippen molar-refractivity contribution in [3.8, 4) is 5.82 Å². The lowest BCUT2D eigenvalue weighted by Gasteiger charge is -2.24. The summed E-state index contributed by atoms with van der Waals surface area (Å²) in [4.78, 5) is 43.5. The molecule has 0 unspecified atom stereocenters. The van der Waals surface area contributed by atoms with Crippen molar-refractivity contribution in [2.75, 3.05) is 11.9 Å². The van der Waals surface area contributed by atoms with Gasteiger partial charge in [-0.2, -0.15) is 4.68 Å². The zero-order valence-electron chi connectivity index (χ0n) is 21.7. The van der Waals surface area contributed by atoms with E-state index in [0.717, 1.165) is 11.1 Å². The topological polar surface area (TPSA) is 111 Å². The number of aromatic nitrogens is 3. The van der Waals surface area contributed by atoms with Gasteiger partial charge >= 0.3 is 0 Å². The van der Waals surface area contributed by atoms with E-state index in [2.05, 4.69) is 15.6 Å². The van der Waals surface area contributed by atoms with Crippen molar-refractivity contribution >= 4 is 40.1 Å². The number of halogens is 1. The fourth-order valence-electron chi connectivity index (χ4n) is 4.27. The molecule has 3 heterocycles. The van der Waals surface area contributed by atoms with E-state index in [1.54, 1.807) is 43.8 Å². The first kappa shape index (κ1) is 26.2. The van der Waals surface area contributed by atoms with Crippen LogP contribution in [0.5, 0.6) is 0 Å². The monoisotopic (exact) mass is 523 g/mol. The van der Waals surface area contributed by atoms with Crippen LogP contribution in [-0.2, 0) is 11.8 Å². The minimum absolute atomic E-state index is 0.0779. The Hall–Kier alpha value is -3.85. The molecule has 37 heavy (non-hydrogen) atoms. The predicted molar refractivity (Wildman–Crippen MR) is 144 cm³/mol. The quantitative estimate of drug-likeness (QED) is 0.365. The molecular formula is C27H30ClN5O4. The van der Waals surface area contributed by atoms with Crippen molar-refractivity contribution in [3.05, 3.63) is 74.5 Å². The molecule has 0 saturated carbocycles. The highest BCUT2D eigenvalue weighted by atomic mass is 35.5. The summed E-state index contributed by atoms with van der Waals surface area (Å²) < 4.78 is 8.77. The summed E-state index contributed by atoms with van der Waals surface area (Å²) in [6.07, 6.45) is 0.0779. The van der Waals surface area contributed by atoms with Gasteiger partial charge in [-0.15, -0.1) is 0 Å². The molecule has 9 nitrogen and oxygen atoms in total. The Kier molecular flexibility index (Phi) is 7.01. The van der Waals surface area contributed by atoms with Gasteiger partial charge in [-0.25, -0.2) is 4.98 Å². The van der Waals surface area contributed by atoms with Gasteiger partial charge in [0.15, 0.2) is 5.82 Å². The molecule has 4 aromatic rings. The minimum Gasteiger partial charge on any atom is -0.461 e. The van der Waals surface area contributed by atoms with Gasteiger partial charge in [0.2, 0.25) is 5.91 Å². The third-order valence-corrected chi connectivity index (χ3v) is 6.44. The number of carbonyl (C=O) groups is 2. The molecule has 0 bridgehead atoms. The number of anilines is 1. The molecule has 0 aliphatic heterocycles. The first-order valence-electron chi connectivity index (χ1n) is 11.9. The lowest BCUT2D eigenvalue weighted by Crippen LogP contribution is -2.36. The van der Waals surface area contributed by atoms with Crippen molar-refractivity contribution in [3.63, 3.8) is 0 Å². The van der Waals surface area contributed by atoms with E-state index in [1.807, 2.05) is 39.0 Å². The number of rotatable bonds is 7. The summed E-state index contributed by atoms with van der Waals surface area (Å²) in [5, 5.41) is 6.83. The third kappa shape index (κ3) is 5.46. The summed E-state index contributed by atoms with van der Waals surface area (Å²) in [6.45, 7) is 9.36. The number of carbonyl (C=O) groups excluding carboxylic acids is 2. The van der Waals surface area contributed by atoms with E-state index in [-0.39, 0.29) is 36.0 Å². The van der Waals surface area contributed by atoms with Crippen LogP contribution in [-0.4, -0.2) is 32.7 Å². The zero-order chi connectivity index (χ0) is 27.1. The summed E-state index contributed by atoms with van der Waals surface area (Å²) in [5.74, 6) is 0.474. The molecule has 0 radical (unpaired) electrons. The van der Waals surface area contributed by atoms with E-state index in [1.165, 1.54) is 4.68 Å². The molecule has 4 rings (SSSR count). The Morgan fingerprint density at radius 3 is 2.57 bits per heavy atom. The normalized spacial score (nSPS) is 11.6. The van der Waals surface area contributed by atoms with Crippen LogP contribution in [0, 0.1) is 26.2 Å². The fraction of sp³-hybridized carbons (Fsp3) is 0.333. The number of benzene rings is 1. The summed E-state index contributed by atoms with van der Waals surface area (Å²) in [7, 11) is 1.74. The lowest BCUT2D eigenvalue weighted by atomic mass is 9.88. The van der Waals surface area contributed by atoms with Crippen LogP contribution in [0.25, 0.3) is 16.8 Å². The van der Waals surface area contributed by atoms with E-state index in [4.69, 9.17) is 16.0 Å². The average molecular weight is 524 g/mol. The number of furan rings is 1. The fourth-order valence-corrected chi connectivity index (χ4v) is 4.49. The molecule has 0 spiro atoms. The standard InChI is InChI=1S/C27H30ClN5O4/c1-15-8-7-9-21(30-15)33-26(36)23(17(3)32(33)6)31-22(34)13-27(4,5)14-29-25(35)20-12-19(28)11-18-10-16(2)37-24(18)20/h7-12H,13-14H2,1-6H3,(H,29,35)(H,31,34). The molecule has 194 valence electrons. The lowest BCUT2D eigenvalue weighted by molar-refractivity contribution is -0.118. The maximum absolute atomic E-state index is 13.1. The maximum atomic E-state index is 13.1. The van der Waals surface area contributed by atoms with Gasteiger partial charge in [-0.05, 0) is 56.5 Å². The van der Waals surface area contributed by atoms with Gasteiger partial charge in [0.1, 0.15) is 17.0 Å². The average Bonchev–Trinajstić information content (AvgIpc) is 3.28. The molecule has 3 aromatic heterocycles. The first-order valence-corrected chi connectivity index (χ1v) is 12.2. The largest absolute Gasteiger partial charge is 0.461 e. The number of hydrogen-bond acceptors (Lipinski definition) is 5. The first-order chi connectivity index (χ1) is 17.4. The smallest absolute Gasteiger partial charge is 0.296 e. The van der Waals surface area contributed by atoms with Crippen molar-refractivity contribution in [1.82, 2.24) is 19.7 Å². The highest BCUT2D eigenvalue weighted by Gasteiger charge is 2.26. The van der Waals surface area contributed by atoms with Gasteiger partial charge in [0.05, 0.1) is 11.3 Å². The van der Waals surface area contributed by atoms with Crippen LogP contribution >= 0.6 is 11.6 Å². The van der Waals surface area contributed by atoms with Crippen molar-refractivity contribution in [2.24, 2.45) is 12.5 Å². The highest BCUT2D eigenvalue weighted by Crippen LogP contribution is 2.28. The van der Waals surface area contributed by atoms with E-state index in [9.17, 15) is 14.4 Å². The van der Waals surface area contributed by atoms with Crippen LogP contribution in [0.4, 0.5) is 5.69 Å². The zero-order valence-corrected chi connectivity index (χ0v) is 22.5. The summed E-state index contributed by atoms with van der Waals surface area (Å²) in [6, 6.07) is 10.5. The molecule has 0 fully saturated rings. The number of fused-ring (bicyclic) bond motifs is 1. The van der Waals surface area contributed by atoms with Crippen molar-refractivity contribution < 1.29 is 14.0 Å². The summed E-state index contributed by atoms with van der Waals surface area (Å²) in [5.41, 5.74) is 1.41. The Balaban J connectivity index is 1.46. The Bertz CT molecular complexity index is 1580. The van der Waals surface area contributed by atoms with Crippen LogP contribution in [0.1, 0.15) is 47.8 Å². The third-order valence-electron chi connectivity index (χ3n) is 6.22.